The van der Waals surface area contributed by atoms with E-state index >= 15 is 0 Å². The zero-order valence-electron chi connectivity index (χ0n) is 13.4. The first-order valence-electron chi connectivity index (χ1n) is 7.78. The van der Waals surface area contributed by atoms with E-state index in [2.05, 4.69) is 4.72 Å². The van der Waals surface area contributed by atoms with Gasteiger partial charge in [-0.15, -0.1) is 0 Å². The van der Waals surface area contributed by atoms with Crippen LogP contribution in [0.2, 0.25) is 0 Å². The molecule has 6 heteroatoms. The van der Waals surface area contributed by atoms with Crippen molar-refractivity contribution in [1.29, 1.82) is 0 Å². The number of sulfonamides is 1. The highest BCUT2D eigenvalue weighted by Crippen LogP contribution is 2.27. The van der Waals surface area contributed by atoms with Crippen LogP contribution in [-0.4, -0.2) is 26.9 Å². The van der Waals surface area contributed by atoms with Gasteiger partial charge >= 0.3 is 0 Å². The van der Waals surface area contributed by atoms with E-state index in [1.165, 1.54) is 0 Å². The molecule has 1 saturated heterocycles. The van der Waals surface area contributed by atoms with Crippen molar-refractivity contribution >= 4 is 21.6 Å². The highest BCUT2D eigenvalue weighted by Gasteiger charge is 2.24. The van der Waals surface area contributed by atoms with Gasteiger partial charge in [-0.2, -0.15) is 0 Å². The number of carbonyl (C=O) groups excluding carboxylic acids is 1. The second kappa shape index (κ2) is 6.79. The second-order valence-electron chi connectivity index (χ2n) is 5.91. The van der Waals surface area contributed by atoms with E-state index in [1.807, 2.05) is 20.8 Å². The highest BCUT2D eigenvalue weighted by molar-refractivity contribution is 7.89. The summed E-state index contributed by atoms with van der Waals surface area (Å²) in [5, 5.41) is 0. The predicted octanol–water partition coefficient (Wildman–Crippen LogP) is 2.59. The molecule has 1 aliphatic heterocycles. The molecule has 1 aliphatic rings. The summed E-state index contributed by atoms with van der Waals surface area (Å²) in [5.74, 6) is 0.105. The molecule has 22 heavy (non-hydrogen) atoms. The first-order chi connectivity index (χ1) is 10.3. The van der Waals surface area contributed by atoms with Gasteiger partial charge in [0.15, 0.2) is 0 Å². The van der Waals surface area contributed by atoms with Crippen LogP contribution >= 0.6 is 0 Å². The smallest absolute Gasteiger partial charge is 0.240 e. The van der Waals surface area contributed by atoms with Gasteiger partial charge in [-0.3, -0.25) is 4.79 Å². The van der Waals surface area contributed by atoms with Crippen LogP contribution in [0.4, 0.5) is 5.69 Å². The summed E-state index contributed by atoms with van der Waals surface area (Å²) in [6.45, 7) is 6.44. The maximum atomic E-state index is 12.4. The fourth-order valence-corrected chi connectivity index (χ4v) is 4.19. The van der Waals surface area contributed by atoms with Crippen molar-refractivity contribution in [3.63, 3.8) is 0 Å². The molecule has 1 fully saturated rings. The van der Waals surface area contributed by atoms with Gasteiger partial charge in [0.2, 0.25) is 15.9 Å². The zero-order chi connectivity index (χ0) is 16.3. The minimum Gasteiger partial charge on any atom is -0.312 e. The molecule has 0 saturated carbocycles. The van der Waals surface area contributed by atoms with E-state index in [4.69, 9.17) is 0 Å². The van der Waals surface area contributed by atoms with Crippen LogP contribution in [0.1, 0.15) is 45.1 Å². The van der Waals surface area contributed by atoms with Crippen LogP contribution in [0, 0.1) is 6.92 Å². The molecule has 1 N–H and O–H groups in total. The monoisotopic (exact) mass is 324 g/mol. The van der Waals surface area contributed by atoms with Crippen LogP contribution in [0.3, 0.4) is 0 Å². The third kappa shape index (κ3) is 3.67. The van der Waals surface area contributed by atoms with E-state index in [1.54, 1.807) is 23.1 Å². The number of anilines is 1. The first kappa shape index (κ1) is 17.0. The predicted molar refractivity (Wildman–Crippen MR) is 87.5 cm³/mol. The molecule has 0 aromatic heterocycles. The van der Waals surface area contributed by atoms with Crippen molar-refractivity contribution in [2.24, 2.45) is 0 Å². The third-order valence-corrected chi connectivity index (χ3v) is 5.51. The maximum Gasteiger partial charge on any atom is 0.240 e. The lowest BCUT2D eigenvalue weighted by molar-refractivity contribution is -0.117. The standard InChI is InChI=1S/C16H24N2O3S/c1-4-6-13(3)17-22(20,21)14-8-9-15(12(2)11-14)18-10-5-7-16(18)19/h8-9,11,13,17H,4-7,10H2,1-3H3/t13-/m1/s1. The SMILES string of the molecule is CCC[C@@H](C)NS(=O)(=O)c1ccc(N2CCCC2=O)c(C)c1. The van der Waals surface area contributed by atoms with Crippen molar-refractivity contribution < 1.29 is 13.2 Å². The number of amides is 1. The highest BCUT2D eigenvalue weighted by atomic mass is 32.2. The lowest BCUT2D eigenvalue weighted by atomic mass is 10.2. The number of nitrogens with zero attached hydrogens (tertiary/aromatic N) is 1. The van der Waals surface area contributed by atoms with Gasteiger partial charge in [0.05, 0.1) is 4.90 Å². The van der Waals surface area contributed by atoms with Gasteiger partial charge in [-0.05, 0) is 50.5 Å². The minimum absolute atomic E-state index is 0.0878. The number of benzene rings is 1. The third-order valence-electron chi connectivity index (χ3n) is 3.92. The van der Waals surface area contributed by atoms with Crippen LogP contribution in [0.5, 0.6) is 0 Å². The van der Waals surface area contributed by atoms with E-state index in [9.17, 15) is 13.2 Å². The summed E-state index contributed by atoms with van der Waals surface area (Å²) in [4.78, 5) is 13.8. The Morgan fingerprint density at radius 1 is 1.36 bits per heavy atom. The number of rotatable bonds is 6. The molecule has 0 radical (unpaired) electrons. The van der Waals surface area contributed by atoms with Gasteiger partial charge in [0, 0.05) is 24.7 Å². The first-order valence-corrected chi connectivity index (χ1v) is 9.27. The van der Waals surface area contributed by atoms with Gasteiger partial charge in [0.25, 0.3) is 0 Å². The Labute approximate surface area is 132 Å². The summed E-state index contributed by atoms with van der Waals surface area (Å²) >= 11 is 0. The zero-order valence-corrected chi connectivity index (χ0v) is 14.2. The molecule has 1 aromatic rings. The summed E-state index contributed by atoms with van der Waals surface area (Å²) in [6.07, 6.45) is 3.15. The van der Waals surface area contributed by atoms with E-state index in [0.717, 1.165) is 30.5 Å². The van der Waals surface area contributed by atoms with Gasteiger partial charge in [0.1, 0.15) is 0 Å². The second-order valence-corrected chi connectivity index (χ2v) is 7.62. The van der Waals surface area contributed by atoms with Gasteiger partial charge in [-0.1, -0.05) is 13.3 Å². The maximum absolute atomic E-state index is 12.4. The Morgan fingerprint density at radius 2 is 2.09 bits per heavy atom. The summed E-state index contributed by atoms with van der Waals surface area (Å²) in [5.41, 5.74) is 1.62. The van der Waals surface area contributed by atoms with Crippen molar-refractivity contribution in [2.75, 3.05) is 11.4 Å². The summed E-state index contributed by atoms with van der Waals surface area (Å²) in [6, 6.07) is 4.87. The lowest BCUT2D eigenvalue weighted by Gasteiger charge is -2.19. The number of hydrogen-bond donors (Lipinski definition) is 1. The molecule has 1 aromatic carbocycles. The topological polar surface area (TPSA) is 66.5 Å². The molecule has 0 spiro atoms. The Balaban J connectivity index is 2.23. The number of nitrogens with one attached hydrogen (secondary N) is 1. The van der Waals surface area contributed by atoms with Crippen LogP contribution in [0.25, 0.3) is 0 Å². The van der Waals surface area contributed by atoms with Crippen molar-refractivity contribution in [3.8, 4) is 0 Å². The number of aryl methyl sites for hydroxylation is 1. The normalized spacial score (nSPS) is 17.0. The molecule has 1 heterocycles. The Kier molecular flexibility index (Phi) is 5.24. The quantitative estimate of drug-likeness (QED) is 0.874. The Bertz CT molecular complexity index is 655. The lowest BCUT2D eigenvalue weighted by Crippen LogP contribution is -2.32. The molecule has 122 valence electrons. The fourth-order valence-electron chi connectivity index (χ4n) is 2.83. The number of carbonyl (C=O) groups is 1. The molecule has 0 aliphatic carbocycles. The van der Waals surface area contributed by atoms with Gasteiger partial charge < -0.3 is 4.90 Å². The Morgan fingerprint density at radius 3 is 2.64 bits per heavy atom. The van der Waals surface area contributed by atoms with Crippen molar-refractivity contribution in [1.82, 2.24) is 4.72 Å². The van der Waals surface area contributed by atoms with Crippen LogP contribution in [-0.2, 0) is 14.8 Å². The van der Waals surface area contributed by atoms with E-state index in [-0.39, 0.29) is 16.8 Å². The molecule has 0 unspecified atom stereocenters. The van der Waals surface area contributed by atoms with E-state index in [0.29, 0.717) is 13.0 Å². The summed E-state index contributed by atoms with van der Waals surface area (Å²) < 4.78 is 27.4. The molecule has 1 amide bonds. The van der Waals surface area contributed by atoms with Gasteiger partial charge in [-0.25, -0.2) is 13.1 Å². The average Bonchev–Trinajstić information content (AvgIpc) is 2.84. The molecule has 0 bridgehead atoms. The molecule has 5 nitrogen and oxygen atoms in total. The molecule has 1 atom stereocenters. The van der Waals surface area contributed by atoms with Crippen LogP contribution in [0.15, 0.2) is 23.1 Å². The van der Waals surface area contributed by atoms with Crippen molar-refractivity contribution in [2.45, 2.75) is 57.4 Å². The summed E-state index contributed by atoms with van der Waals surface area (Å²) in [7, 11) is -3.51. The average molecular weight is 324 g/mol. The van der Waals surface area contributed by atoms with E-state index < -0.39 is 10.0 Å². The number of hydrogen-bond acceptors (Lipinski definition) is 3. The van der Waals surface area contributed by atoms with Crippen molar-refractivity contribution in [3.05, 3.63) is 23.8 Å². The Hall–Kier alpha value is -1.40. The minimum atomic E-state index is -3.51. The fraction of sp³-hybridized carbons (Fsp3) is 0.562. The van der Waals surface area contributed by atoms with Crippen LogP contribution < -0.4 is 9.62 Å². The largest absolute Gasteiger partial charge is 0.312 e. The molecular weight excluding hydrogens is 300 g/mol. The molecule has 2 rings (SSSR count). The molecular formula is C16H24N2O3S.